The fourth-order valence-corrected chi connectivity index (χ4v) is 3.54. The predicted octanol–water partition coefficient (Wildman–Crippen LogP) is 1.89. The number of aromatic amines is 1. The van der Waals surface area contributed by atoms with Crippen LogP contribution in [0.15, 0.2) is 41.2 Å². The first-order valence-corrected chi connectivity index (χ1v) is 9.34. The van der Waals surface area contributed by atoms with Gasteiger partial charge in [0.25, 0.3) is 11.5 Å². The van der Waals surface area contributed by atoms with E-state index < -0.39 is 0 Å². The van der Waals surface area contributed by atoms with Crippen molar-refractivity contribution in [3.8, 4) is 11.3 Å². The number of carbonyl (C=O) groups excluding carboxylic acids is 1. The third-order valence-corrected chi connectivity index (χ3v) is 5.08. The van der Waals surface area contributed by atoms with E-state index in [2.05, 4.69) is 20.3 Å². The lowest BCUT2D eigenvalue weighted by Gasteiger charge is -2.31. The fraction of sp³-hybridized carbons (Fsp3) is 0.350. The van der Waals surface area contributed by atoms with Gasteiger partial charge in [-0.25, -0.2) is 9.67 Å². The van der Waals surface area contributed by atoms with Gasteiger partial charge in [0, 0.05) is 43.2 Å². The molecule has 0 aliphatic carbocycles. The third kappa shape index (κ3) is 3.58. The molecule has 1 N–H and O–H groups in total. The molecule has 1 aliphatic heterocycles. The molecule has 0 bridgehead atoms. The van der Waals surface area contributed by atoms with Gasteiger partial charge in [0.2, 0.25) is 0 Å². The normalized spacial score (nSPS) is 16.9. The van der Waals surface area contributed by atoms with Crippen molar-refractivity contribution in [1.82, 2.24) is 29.9 Å². The molecule has 0 spiro atoms. The molecular weight excluding hydrogens is 356 g/mol. The highest BCUT2D eigenvalue weighted by Crippen LogP contribution is 2.26. The van der Waals surface area contributed by atoms with Gasteiger partial charge in [-0.05, 0) is 38.0 Å². The number of H-pyrrole nitrogens is 1. The van der Waals surface area contributed by atoms with Crippen molar-refractivity contribution in [2.75, 3.05) is 13.1 Å². The average Bonchev–Trinajstić information content (AvgIpc) is 3.16. The van der Waals surface area contributed by atoms with Crippen LogP contribution in [0.5, 0.6) is 0 Å². The van der Waals surface area contributed by atoms with Gasteiger partial charge in [-0.3, -0.25) is 14.7 Å². The van der Waals surface area contributed by atoms with E-state index in [0.717, 1.165) is 36.6 Å². The molecule has 1 unspecified atom stereocenters. The number of likely N-dealkylation sites (tertiary alicyclic amines) is 1. The van der Waals surface area contributed by atoms with Crippen LogP contribution in [0.3, 0.4) is 0 Å². The molecule has 0 radical (unpaired) electrons. The average molecular weight is 378 g/mol. The van der Waals surface area contributed by atoms with Gasteiger partial charge in [0.1, 0.15) is 5.82 Å². The van der Waals surface area contributed by atoms with Gasteiger partial charge in [-0.2, -0.15) is 10.2 Å². The first kappa shape index (κ1) is 18.1. The molecule has 1 fully saturated rings. The van der Waals surface area contributed by atoms with E-state index in [1.807, 2.05) is 36.1 Å². The summed E-state index contributed by atoms with van der Waals surface area (Å²) in [6.45, 7) is 3.24. The van der Waals surface area contributed by atoms with Crippen LogP contribution in [0.25, 0.3) is 11.3 Å². The minimum atomic E-state index is -0.156. The van der Waals surface area contributed by atoms with Crippen molar-refractivity contribution in [3.63, 3.8) is 0 Å². The summed E-state index contributed by atoms with van der Waals surface area (Å²) in [6.07, 6.45) is 1.92. The van der Waals surface area contributed by atoms with Gasteiger partial charge in [0.05, 0.1) is 5.69 Å². The van der Waals surface area contributed by atoms with Gasteiger partial charge < -0.3 is 4.90 Å². The standard InChI is InChI=1S/C20H22N6O2/c1-13-21-19(23-22-13)16-4-3-11-26(12-16)20(28)15-7-5-14(6-8-15)17-9-10-18(27)25(2)24-17/h5-10,16H,3-4,11-12H2,1-2H3,(H,21,22,23). The van der Waals surface area contributed by atoms with Crippen LogP contribution in [0, 0.1) is 6.92 Å². The Hall–Kier alpha value is -3.29. The van der Waals surface area contributed by atoms with Crippen molar-refractivity contribution in [3.05, 3.63) is 64.0 Å². The summed E-state index contributed by atoms with van der Waals surface area (Å²) in [5, 5.41) is 11.4. The largest absolute Gasteiger partial charge is 0.338 e. The Morgan fingerprint density at radius 1 is 1.18 bits per heavy atom. The number of carbonyl (C=O) groups is 1. The number of nitrogens with one attached hydrogen (secondary N) is 1. The lowest BCUT2D eigenvalue weighted by molar-refractivity contribution is 0.0704. The zero-order chi connectivity index (χ0) is 19.7. The molecule has 1 aliphatic rings. The van der Waals surface area contributed by atoms with Crippen molar-refractivity contribution < 1.29 is 4.79 Å². The third-order valence-electron chi connectivity index (χ3n) is 5.08. The minimum Gasteiger partial charge on any atom is -0.338 e. The van der Waals surface area contributed by atoms with Crippen molar-refractivity contribution in [1.29, 1.82) is 0 Å². The number of rotatable bonds is 3. The SMILES string of the molecule is Cc1nc(C2CCCN(C(=O)c3ccc(-c4ccc(=O)n(C)n4)cc3)C2)n[nH]1. The highest BCUT2D eigenvalue weighted by Gasteiger charge is 2.27. The number of piperidine rings is 1. The second kappa shape index (κ2) is 7.38. The topological polar surface area (TPSA) is 96.8 Å². The lowest BCUT2D eigenvalue weighted by atomic mass is 9.96. The zero-order valence-corrected chi connectivity index (χ0v) is 15.9. The fourth-order valence-electron chi connectivity index (χ4n) is 3.54. The van der Waals surface area contributed by atoms with Crippen molar-refractivity contribution in [2.24, 2.45) is 7.05 Å². The molecule has 3 aromatic rings. The Balaban J connectivity index is 1.50. The molecule has 2 aromatic heterocycles. The van der Waals surface area contributed by atoms with E-state index in [0.29, 0.717) is 17.8 Å². The summed E-state index contributed by atoms with van der Waals surface area (Å²) in [6, 6.07) is 10.5. The van der Waals surface area contributed by atoms with Crippen LogP contribution in [0.4, 0.5) is 0 Å². The number of hydrogen-bond acceptors (Lipinski definition) is 5. The molecular formula is C20H22N6O2. The summed E-state index contributed by atoms with van der Waals surface area (Å²) >= 11 is 0. The number of hydrogen-bond donors (Lipinski definition) is 1. The van der Waals surface area contributed by atoms with Crippen molar-refractivity contribution in [2.45, 2.75) is 25.7 Å². The predicted molar refractivity (Wildman–Crippen MR) is 104 cm³/mol. The molecule has 0 saturated carbocycles. The van der Waals surface area contributed by atoms with Gasteiger partial charge in [-0.1, -0.05) is 12.1 Å². The summed E-state index contributed by atoms with van der Waals surface area (Å²) in [4.78, 5) is 30.7. The molecule has 1 amide bonds. The Morgan fingerprint density at radius 2 is 1.96 bits per heavy atom. The highest BCUT2D eigenvalue weighted by atomic mass is 16.2. The van der Waals surface area contributed by atoms with Crippen LogP contribution in [-0.4, -0.2) is 48.9 Å². The van der Waals surface area contributed by atoms with Crippen LogP contribution in [0.1, 0.15) is 40.8 Å². The summed E-state index contributed by atoms with van der Waals surface area (Å²) in [5.74, 6) is 1.75. The first-order valence-electron chi connectivity index (χ1n) is 9.34. The number of benzene rings is 1. The Kier molecular flexibility index (Phi) is 4.77. The molecule has 8 heteroatoms. The van der Waals surface area contributed by atoms with Crippen molar-refractivity contribution >= 4 is 5.91 Å². The molecule has 3 heterocycles. The van der Waals surface area contributed by atoms with E-state index in [1.165, 1.54) is 10.7 Å². The van der Waals surface area contributed by atoms with Crippen LogP contribution < -0.4 is 5.56 Å². The first-order chi connectivity index (χ1) is 13.5. The quantitative estimate of drug-likeness (QED) is 0.751. The summed E-state index contributed by atoms with van der Waals surface area (Å²) in [5.41, 5.74) is 2.04. The Bertz CT molecular complexity index is 1050. The molecule has 144 valence electrons. The van der Waals surface area contributed by atoms with E-state index in [4.69, 9.17) is 0 Å². The number of amides is 1. The van der Waals surface area contributed by atoms with E-state index in [1.54, 1.807) is 13.1 Å². The molecule has 28 heavy (non-hydrogen) atoms. The second-order valence-corrected chi connectivity index (χ2v) is 7.13. The molecule has 1 aromatic carbocycles. The molecule has 1 atom stereocenters. The van der Waals surface area contributed by atoms with E-state index in [9.17, 15) is 9.59 Å². The van der Waals surface area contributed by atoms with Gasteiger partial charge in [0.15, 0.2) is 5.82 Å². The number of nitrogens with zero attached hydrogens (tertiary/aromatic N) is 5. The number of aromatic nitrogens is 5. The lowest BCUT2D eigenvalue weighted by Crippen LogP contribution is -2.39. The van der Waals surface area contributed by atoms with E-state index in [-0.39, 0.29) is 17.4 Å². The second-order valence-electron chi connectivity index (χ2n) is 7.13. The Morgan fingerprint density at radius 3 is 2.64 bits per heavy atom. The van der Waals surface area contributed by atoms with Crippen LogP contribution in [-0.2, 0) is 7.05 Å². The summed E-state index contributed by atoms with van der Waals surface area (Å²) < 4.78 is 1.30. The molecule has 4 rings (SSSR count). The maximum absolute atomic E-state index is 12.9. The van der Waals surface area contributed by atoms with Gasteiger partial charge >= 0.3 is 0 Å². The maximum Gasteiger partial charge on any atom is 0.266 e. The Labute approximate surface area is 162 Å². The van der Waals surface area contributed by atoms with Gasteiger partial charge in [-0.15, -0.1) is 0 Å². The molecule has 1 saturated heterocycles. The summed E-state index contributed by atoms with van der Waals surface area (Å²) in [7, 11) is 1.62. The number of aryl methyl sites for hydroxylation is 2. The van der Waals surface area contributed by atoms with Crippen LogP contribution >= 0.6 is 0 Å². The van der Waals surface area contributed by atoms with Crippen LogP contribution in [0.2, 0.25) is 0 Å². The maximum atomic E-state index is 12.9. The molecule has 8 nitrogen and oxygen atoms in total. The zero-order valence-electron chi connectivity index (χ0n) is 15.9. The smallest absolute Gasteiger partial charge is 0.266 e. The monoisotopic (exact) mass is 378 g/mol. The van der Waals surface area contributed by atoms with E-state index >= 15 is 0 Å². The minimum absolute atomic E-state index is 0.0110. The highest BCUT2D eigenvalue weighted by molar-refractivity contribution is 5.94.